The van der Waals surface area contributed by atoms with E-state index in [9.17, 15) is 18.8 Å². The van der Waals surface area contributed by atoms with Gasteiger partial charge in [-0.1, -0.05) is 31.2 Å². The molecule has 1 atom stereocenters. The maximum absolute atomic E-state index is 14.0. The van der Waals surface area contributed by atoms with Crippen LogP contribution in [-0.4, -0.2) is 42.1 Å². The molecule has 0 aliphatic heterocycles. The topological polar surface area (TPSA) is 171 Å². The van der Waals surface area contributed by atoms with E-state index >= 15 is 0 Å². The molecule has 0 saturated carbocycles. The van der Waals surface area contributed by atoms with Gasteiger partial charge in [0.2, 0.25) is 5.43 Å². The number of rotatable bonds is 7. The fraction of sp³-hybridized carbons (Fsp3) is 0.111. The zero-order chi connectivity index (χ0) is 27.9. The van der Waals surface area contributed by atoms with Crippen LogP contribution < -0.4 is 10.7 Å². The van der Waals surface area contributed by atoms with Gasteiger partial charge in [-0.15, -0.1) is 0 Å². The minimum Gasteiger partial charge on any atom is -0.478 e. The van der Waals surface area contributed by atoms with E-state index in [1.54, 1.807) is 36.7 Å². The van der Waals surface area contributed by atoms with E-state index in [1.165, 1.54) is 18.5 Å². The molecule has 3 heterocycles. The van der Waals surface area contributed by atoms with Gasteiger partial charge in [-0.25, -0.2) is 28.9 Å². The Balaban J connectivity index is 0.000000386. The molecule has 2 aromatic carbocycles. The smallest absolute Gasteiger partial charge is 0.328 e. The molecule has 0 bridgehead atoms. The molecular weight excluding hydrogens is 509 g/mol. The minimum absolute atomic E-state index is 0.213. The predicted octanol–water partition coefficient (Wildman–Crippen LogP) is 4.54. The SMILES string of the molecule is CC[C@H](Nc1ncnc2[nH]cnc12)c1oc2ccccc2c(=O)c1-c1cccc(F)c1.O=C(O)/C=C\C(=O)O. The molecule has 0 aliphatic carbocycles. The number of carboxylic acid groups (broad SMARTS) is 2. The number of aromatic nitrogens is 4. The maximum atomic E-state index is 14.0. The Labute approximate surface area is 219 Å². The van der Waals surface area contributed by atoms with Crippen LogP contribution in [0.5, 0.6) is 0 Å². The molecule has 12 heteroatoms. The van der Waals surface area contributed by atoms with E-state index in [-0.39, 0.29) is 5.43 Å². The zero-order valence-electron chi connectivity index (χ0n) is 20.5. The van der Waals surface area contributed by atoms with Gasteiger partial charge in [-0.3, -0.25) is 4.79 Å². The van der Waals surface area contributed by atoms with Gasteiger partial charge in [0.05, 0.1) is 23.3 Å². The van der Waals surface area contributed by atoms with Gasteiger partial charge in [-0.05, 0) is 36.2 Å². The number of halogens is 1. The second-order valence-corrected chi connectivity index (χ2v) is 8.11. The van der Waals surface area contributed by atoms with E-state index in [4.69, 9.17) is 14.6 Å². The molecular formula is C27H22FN5O6. The summed E-state index contributed by atoms with van der Waals surface area (Å²) in [4.78, 5) is 48.2. The summed E-state index contributed by atoms with van der Waals surface area (Å²) in [6, 6.07) is 12.6. The second kappa shape index (κ2) is 11.8. The van der Waals surface area contributed by atoms with E-state index in [2.05, 4.69) is 25.3 Å². The summed E-state index contributed by atoms with van der Waals surface area (Å²) < 4.78 is 20.3. The lowest BCUT2D eigenvalue weighted by Crippen LogP contribution is -2.17. The van der Waals surface area contributed by atoms with Gasteiger partial charge in [0, 0.05) is 12.2 Å². The van der Waals surface area contributed by atoms with Gasteiger partial charge in [0.1, 0.15) is 29.0 Å². The van der Waals surface area contributed by atoms with Crippen LogP contribution in [0.2, 0.25) is 0 Å². The molecule has 39 heavy (non-hydrogen) atoms. The summed E-state index contributed by atoms with van der Waals surface area (Å²) >= 11 is 0. The Morgan fingerprint density at radius 3 is 2.51 bits per heavy atom. The number of imidazole rings is 1. The van der Waals surface area contributed by atoms with Gasteiger partial charge >= 0.3 is 11.9 Å². The number of anilines is 1. The highest BCUT2D eigenvalue weighted by molar-refractivity contribution is 5.89. The Hall–Kier alpha value is -5.39. The van der Waals surface area contributed by atoms with Crippen LogP contribution >= 0.6 is 0 Å². The third kappa shape index (κ3) is 6.13. The van der Waals surface area contributed by atoms with E-state index in [1.807, 2.05) is 13.0 Å². The number of hydrogen-bond acceptors (Lipinski definition) is 8. The standard InChI is InChI=1S/C23H18FN5O2.C4H4O4/c1-2-16(29-23-19-22(26-11-25-19)27-12-28-23)21-18(13-6-5-7-14(24)10-13)20(30)15-8-3-4-9-17(15)31-21;5-3(6)1-2-4(7)8/h3-12,16H,2H2,1H3,(H2,25,26,27,28,29);1-2H,(H,5,6)(H,7,8)/b;2-1-/t16-;/m0./s1. The molecule has 0 saturated heterocycles. The van der Waals surface area contributed by atoms with Crippen LogP contribution in [0.15, 0.2) is 82.5 Å². The fourth-order valence-electron chi connectivity index (χ4n) is 3.85. The minimum atomic E-state index is -1.26. The number of H-pyrrole nitrogens is 1. The van der Waals surface area contributed by atoms with Gasteiger partial charge in [-0.2, -0.15) is 0 Å². The van der Waals surface area contributed by atoms with Gasteiger partial charge in [0.15, 0.2) is 11.5 Å². The number of nitrogens with zero attached hydrogens (tertiary/aromatic N) is 3. The number of carboxylic acids is 2. The van der Waals surface area contributed by atoms with Crippen molar-refractivity contribution in [2.75, 3.05) is 5.32 Å². The zero-order valence-corrected chi connectivity index (χ0v) is 20.5. The highest BCUT2D eigenvalue weighted by Gasteiger charge is 2.24. The van der Waals surface area contributed by atoms with Crippen LogP contribution in [0.3, 0.4) is 0 Å². The Kier molecular flexibility index (Phi) is 8.05. The average Bonchev–Trinajstić information content (AvgIpc) is 3.41. The number of aromatic amines is 1. The van der Waals surface area contributed by atoms with E-state index < -0.39 is 23.8 Å². The van der Waals surface area contributed by atoms with Crippen LogP contribution in [0, 0.1) is 5.82 Å². The highest BCUT2D eigenvalue weighted by atomic mass is 19.1. The first kappa shape index (κ1) is 26.7. The first-order valence-electron chi connectivity index (χ1n) is 11.6. The van der Waals surface area contributed by atoms with Crippen LogP contribution in [0.4, 0.5) is 10.2 Å². The average molecular weight is 532 g/mol. The lowest BCUT2D eigenvalue weighted by atomic mass is 9.97. The number of fused-ring (bicyclic) bond motifs is 2. The van der Waals surface area contributed by atoms with Crippen molar-refractivity contribution in [2.24, 2.45) is 0 Å². The highest BCUT2D eigenvalue weighted by Crippen LogP contribution is 2.33. The lowest BCUT2D eigenvalue weighted by molar-refractivity contribution is -0.134. The normalized spacial score (nSPS) is 11.7. The Morgan fingerprint density at radius 2 is 1.82 bits per heavy atom. The summed E-state index contributed by atoms with van der Waals surface area (Å²) in [5, 5.41) is 19.4. The number of carbonyl (C=O) groups is 2. The third-order valence-corrected chi connectivity index (χ3v) is 5.56. The van der Waals surface area contributed by atoms with Gasteiger partial charge < -0.3 is 24.9 Å². The molecule has 198 valence electrons. The van der Waals surface area contributed by atoms with E-state index in [0.717, 1.165) is 0 Å². The molecule has 0 aliphatic rings. The van der Waals surface area contributed by atoms with Crippen molar-refractivity contribution in [1.29, 1.82) is 0 Å². The number of nitrogens with one attached hydrogen (secondary N) is 2. The van der Waals surface area contributed by atoms with Crippen molar-refractivity contribution in [3.05, 3.63) is 95.1 Å². The summed E-state index contributed by atoms with van der Waals surface area (Å²) in [6.07, 6.45) is 4.67. The van der Waals surface area contributed by atoms with Crippen molar-refractivity contribution in [3.8, 4) is 11.1 Å². The molecule has 0 fully saturated rings. The Morgan fingerprint density at radius 1 is 1.08 bits per heavy atom. The van der Waals surface area contributed by atoms with Crippen molar-refractivity contribution >= 4 is 39.9 Å². The van der Waals surface area contributed by atoms with Crippen molar-refractivity contribution in [1.82, 2.24) is 19.9 Å². The molecule has 11 nitrogen and oxygen atoms in total. The maximum Gasteiger partial charge on any atom is 0.328 e. The summed E-state index contributed by atoms with van der Waals surface area (Å²) in [5.41, 5.74) is 2.21. The van der Waals surface area contributed by atoms with Crippen molar-refractivity contribution in [3.63, 3.8) is 0 Å². The van der Waals surface area contributed by atoms with Crippen molar-refractivity contribution in [2.45, 2.75) is 19.4 Å². The number of hydrogen-bond donors (Lipinski definition) is 4. The predicted molar refractivity (Wildman–Crippen MR) is 141 cm³/mol. The first-order chi connectivity index (χ1) is 18.8. The summed E-state index contributed by atoms with van der Waals surface area (Å²) in [5.74, 6) is -2.01. The van der Waals surface area contributed by atoms with Crippen LogP contribution in [0.25, 0.3) is 33.3 Å². The molecule has 5 aromatic rings. The van der Waals surface area contributed by atoms with E-state index in [0.29, 0.717) is 63.4 Å². The second-order valence-electron chi connectivity index (χ2n) is 8.11. The van der Waals surface area contributed by atoms with Gasteiger partial charge in [0.25, 0.3) is 0 Å². The Bertz CT molecular complexity index is 1730. The largest absolute Gasteiger partial charge is 0.478 e. The summed E-state index contributed by atoms with van der Waals surface area (Å²) in [6.45, 7) is 1.96. The molecule has 0 radical (unpaired) electrons. The van der Waals surface area contributed by atoms with Crippen LogP contribution in [0.1, 0.15) is 25.1 Å². The number of aliphatic carboxylic acids is 2. The fourth-order valence-corrected chi connectivity index (χ4v) is 3.85. The molecule has 3 aromatic heterocycles. The summed E-state index contributed by atoms with van der Waals surface area (Å²) in [7, 11) is 0. The number of benzene rings is 2. The molecule has 5 rings (SSSR count). The monoisotopic (exact) mass is 531 g/mol. The molecule has 0 amide bonds. The molecule has 0 spiro atoms. The van der Waals surface area contributed by atoms with Crippen molar-refractivity contribution < 1.29 is 28.6 Å². The quantitative estimate of drug-likeness (QED) is 0.219. The first-order valence-corrected chi connectivity index (χ1v) is 11.6. The number of para-hydroxylation sites is 1. The molecule has 4 N–H and O–H groups in total. The van der Waals surface area contributed by atoms with Crippen LogP contribution in [-0.2, 0) is 9.59 Å². The third-order valence-electron chi connectivity index (χ3n) is 5.56. The molecule has 0 unspecified atom stereocenters. The lowest BCUT2D eigenvalue weighted by Gasteiger charge is -2.20.